The van der Waals surface area contributed by atoms with Gasteiger partial charge < -0.3 is 0 Å². The summed E-state index contributed by atoms with van der Waals surface area (Å²) in [7, 11) is 0. The molecule has 0 heterocycles. The Bertz CT molecular complexity index is 141. The molecule has 1 nitrogen and oxygen atoms in total. The molecule has 0 aliphatic rings. The number of nitriles is 1. The summed E-state index contributed by atoms with van der Waals surface area (Å²) in [4.78, 5) is 0. The molecule has 0 saturated carbocycles. The Labute approximate surface area is 69.7 Å². The predicted octanol–water partition coefficient (Wildman–Crippen LogP) is 3.28. The van der Waals surface area contributed by atoms with E-state index in [2.05, 4.69) is 25.1 Å². The number of hydrogen-bond donors (Lipinski definition) is 0. The molecular formula is C10H17N. The predicted molar refractivity (Wildman–Crippen MR) is 48.1 cm³/mol. The highest BCUT2D eigenvalue weighted by molar-refractivity contribution is 4.83. The zero-order chi connectivity index (χ0) is 8.53. The molecule has 1 heteroatoms. The number of unbranched alkanes of at least 4 members (excludes halogenated alkanes) is 1. The second-order valence-corrected chi connectivity index (χ2v) is 2.73. The molecule has 0 rings (SSSR count). The van der Waals surface area contributed by atoms with E-state index in [-0.39, 0.29) is 5.92 Å². The number of nitrogens with zero attached hydrogens (tertiary/aromatic N) is 1. The van der Waals surface area contributed by atoms with Crippen LogP contribution in [-0.4, -0.2) is 0 Å². The fourth-order valence-corrected chi connectivity index (χ4v) is 1.01. The fourth-order valence-electron chi connectivity index (χ4n) is 1.01. The first-order valence-electron chi connectivity index (χ1n) is 4.35. The Kier molecular flexibility index (Phi) is 6.82. The zero-order valence-electron chi connectivity index (χ0n) is 7.51. The van der Waals surface area contributed by atoms with Crippen molar-refractivity contribution in [3.05, 3.63) is 12.2 Å². The van der Waals surface area contributed by atoms with Crippen molar-refractivity contribution in [1.29, 1.82) is 5.26 Å². The summed E-state index contributed by atoms with van der Waals surface area (Å²) >= 11 is 0. The van der Waals surface area contributed by atoms with Crippen molar-refractivity contribution in [3.8, 4) is 6.07 Å². The summed E-state index contributed by atoms with van der Waals surface area (Å²) in [6, 6.07) is 2.30. The normalized spacial score (nSPS) is 13.2. The largest absolute Gasteiger partial charge is 0.198 e. The van der Waals surface area contributed by atoms with Crippen LogP contribution < -0.4 is 0 Å². The van der Waals surface area contributed by atoms with Crippen LogP contribution in [0.4, 0.5) is 0 Å². The molecular weight excluding hydrogens is 134 g/mol. The SMILES string of the molecule is C/C=C/CCCC(C#N)CC. The topological polar surface area (TPSA) is 23.8 Å². The lowest BCUT2D eigenvalue weighted by molar-refractivity contribution is 0.560. The molecule has 0 fully saturated rings. The molecule has 0 aromatic rings. The van der Waals surface area contributed by atoms with Crippen LogP contribution in [0, 0.1) is 17.2 Å². The van der Waals surface area contributed by atoms with Crippen LogP contribution in [0.5, 0.6) is 0 Å². The van der Waals surface area contributed by atoms with Crippen molar-refractivity contribution in [2.24, 2.45) is 5.92 Å². The van der Waals surface area contributed by atoms with E-state index in [4.69, 9.17) is 5.26 Å². The summed E-state index contributed by atoms with van der Waals surface area (Å²) in [5, 5.41) is 8.61. The van der Waals surface area contributed by atoms with Crippen LogP contribution in [0.2, 0.25) is 0 Å². The molecule has 0 aromatic carbocycles. The third kappa shape index (κ3) is 5.66. The lowest BCUT2D eigenvalue weighted by Gasteiger charge is -2.02. The molecule has 11 heavy (non-hydrogen) atoms. The first-order chi connectivity index (χ1) is 5.35. The van der Waals surface area contributed by atoms with Gasteiger partial charge in [-0.15, -0.1) is 0 Å². The average molecular weight is 151 g/mol. The first kappa shape index (κ1) is 10.2. The molecule has 0 radical (unpaired) electrons. The van der Waals surface area contributed by atoms with Crippen LogP contribution in [0.25, 0.3) is 0 Å². The van der Waals surface area contributed by atoms with Crippen LogP contribution in [0.1, 0.15) is 39.5 Å². The molecule has 0 aromatic heterocycles. The van der Waals surface area contributed by atoms with E-state index >= 15 is 0 Å². The van der Waals surface area contributed by atoms with Crippen molar-refractivity contribution < 1.29 is 0 Å². The molecule has 0 aliphatic carbocycles. The Morgan fingerprint density at radius 2 is 2.27 bits per heavy atom. The van der Waals surface area contributed by atoms with Gasteiger partial charge in [0.2, 0.25) is 0 Å². The van der Waals surface area contributed by atoms with Crippen LogP contribution in [-0.2, 0) is 0 Å². The summed E-state index contributed by atoms with van der Waals surface area (Å²) in [6.45, 7) is 4.10. The highest BCUT2D eigenvalue weighted by atomic mass is 14.3. The van der Waals surface area contributed by atoms with Gasteiger partial charge in [0, 0.05) is 5.92 Å². The maximum absolute atomic E-state index is 8.61. The molecule has 62 valence electrons. The van der Waals surface area contributed by atoms with Gasteiger partial charge in [-0.25, -0.2) is 0 Å². The van der Waals surface area contributed by atoms with Crippen molar-refractivity contribution in [3.63, 3.8) is 0 Å². The maximum atomic E-state index is 8.61. The molecule has 1 unspecified atom stereocenters. The quantitative estimate of drug-likeness (QED) is 0.437. The van der Waals surface area contributed by atoms with E-state index in [0.29, 0.717) is 0 Å². The van der Waals surface area contributed by atoms with Gasteiger partial charge in [-0.05, 0) is 32.6 Å². The maximum Gasteiger partial charge on any atom is 0.0655 e. The van der Waals surface area contributed by atoms with Crippen molar-refractivity contribution in [2.45, 2.75) is 39.5 Å². The van der Waals surface area contributed by atoms with Gasteiger partial charge in [-0.2, -0.15) is 5.26 Å². The van der Waals surface area contributed by atoms with E-state index in [1.807, 2.05) is 6.92 Å². The minimum Gasteiger partial charge on any atom is -0.198 e. The Balaban J connectivity index is 3.30. The van der Waals surface area contributed by atoms with E-state index in [1.54, 1.807) is 0 Å². The average Bonchev–Trinajstić information content (AvgIpc) is 2.05. The Morgan fingerprint density at radius 3 is 2.73 bits per heavy atom. The molecule has 0 saturated heterocycles. The third-order valence-electron chi connectivity index (χ3n) is 1.83. The Morgan fingerprint density at radius 1 is 1.55 bits per heavy atom. The third-order valence-corrected chi connectivity index (χ3v) is 1.83. The zero-order valence-corrected chi connectivity index (χ0v) is 7.51. The van der Waals surface area contributed by atoms with E-state index in [0.717, 1.165) is 25.7 Å². The van der Waals surface area contributed by atoms with Crippen molar-refractivity contribution >= 4 is 0 Å². The Hall–Kier alpha value is -0.770. The standard InChI is InChI=1S/C10H17N/c1-3-5-6-7-8-10(4-2)9-11/h3,5,10H,4,6-8H2,1-2H3/b5-3+. The van der Waals surface area contributed by atoms with Gasteiger partial charge in [-0.1, -0.05) is 19.1 Å². The van der Waals surface area contributed by atoms with Crippen LogP contribution in [0.3, 0.4) is 0 Å². The second kappa shape index (κ2) is 7.34. The van der Waals surface area contributed by atoms with Crippen molar-refractivity contribution in [1.82, 2.24) is 0 Å². The van der Waals surface area contributed by atoms with Gasteiger partial charge in [0.05, 0.1) is 6.07 Å². The molecule has 0 spiro atoms. The van der Waals surface area contributed by atoms with Gasteiger partial charge in [0.15, 0.2) is 0 Å². The second-order valence-electron chi connectivity index (χ2n) is 2.73. The number of hydrogen-bond acceptors (Lipinski definition) is 1. The molecule has 0 amide bonds. The lowest BCUT2D eigenvalue weighted by Crippen LogP contribution is -1.93. The number of allylic oxidation sites excluding steroid dienone is 2. The number of rotatable bonds is 5. The fraction of sp³-hybridized carbons (Fsp3) is 0.700. The minimum atomic E-state index is 0.278. The van der Waals surface area contributed by atoms with E-state index in [1.165, 1.54) is 0 Å². The van der Waals surface area contributed by atoms with E-state index < -0.39 is 0 Å². The highest BCUT2D eigenvalue weighted by Crippen LogP contribution is 2.10. The van der Waals surface area contributed by atoms with Gasteiger partial charge in [0.1, 0.15) is 0 Å². The summed E-state index contributed by atoms with van der Waals surface area (Å²) in [5.74, 6) is 0.278. The van der Waals surface area contributed by atoms with Gasteiger partial charge >= 0.3 is 0 Å². The molecule has 1 atom stereocenters. The summed E-state index contributed by atoms with van der Waals surface area (Å²) < 4.78 is 0. The smallest absolute Gasteiger partial charge is 0.0655 e. The van der Waals surface area contributed by atoms with Crippen molar-refractivity contribution in [2.75, 3.05) is 0 Å². The first-order valence-corrected chi connectivity index (χ1v) is 4.35. The van der Waals surface area contributed by atoms with Gasteiger partial charge in [0.25, 0.3) is 0 Å². The summed E-state index contributed by atoms with van der Waals surface area (Å²) in [5.41, 5.74) is 0. The summed E-state index contributed by atoms with van der Waals surface area (Å²) in [6.07, 6.45) is 8.53. The van der Waals surface area contributed by atoms with E-state index in [9.17, 15) is 0 Å². The highest BCUT2D eigenvalue weighted by Gasteiger charge is 2.01. The molecule has 0 N–H and O–H groups in total. The van der Waals surface area contributed by atoms with Crippen LogP contribution >= 0.6 is 0 Å². The molecule has 0 bridgehead atoms. The molecule has 0 aliphatic heterocycles. The van der Waals surface area contributed by atoms with Crippen LogP contribution in [0.15, 0.2) is 12.2 Å². The minimum absolute atomic E-state index is 0.278. The lowest BCUT2D eigenvalue weighted by atomic mass is 10.0. The monoisotopic (exact) mass is 151 g/mol. The van der Waals surface area contributed by atoms with Gasteiger partial charge in [-0.3, -0.25) is 0 Å².